The maximum Gasteiger partial charge on any atom is 0.306 e. The minimum atomic E-state index is -0.789. The molecule has 0 aromatic heterocycles. The molecular formula is C14H16BrNO4. The number of benzene rings is 1. The normalized spacial score (nSPS) is 21.5. The van der Waals surface area contributed by atoms with Gasteiger partial charge in [-0.15, -0.1) is 0 Å². The van der Waals surface area contributed by atoms with E-state index in [1.807, 2.05) is 0 Å². The molecule has 1 aliphatic carbocycles. The fourth-order valence-electron chi connectivity index (χ4n) is 2.45. The Morgan fingerprint density at radius 3 is 2.75 bits per heavy atom. The van der Waals surface area contributed by atoms with Crippen LogP contribution in [0.2, 0.25) is 0 Å². The number of halogens is 1. The second-order valence-electron chi connectivity index (χ2n) is 4.86. The van der Waals surface area contributed by atoms with Gasteiger partial charge in [0.05, 0.1) is 18.6 Å². The zero-order valence-electron chi connectivity index (χ0n) is 11.1. The number of amides is 1. The van der Waals surface area contributed by atoms with Gasteiger partial charge in [-0.3, -0.25) is 9.59 Å². The smallest absolute Gasteiger partial charge is 0.306 e. The van der Waals surface area contributed by atoms with E-state index in [9.17, 15) is 9.59 Å². The van der Waals surface area contributed by atoms with Gasteiger partial charge >= 0.3 is 5.97 Å². The van der Waals surface area contributed by atoms with Gasteiger partial charge < -0.3 is 15.2 Å². The van der Waals surface area contributed by atoms with Gasteiger partial charge in [0.2, 0.25) is 0 Å². The number of rotatable bonds is 4. The van der Waals surface area contributed by atoms with Crippen LogP contribution in [0.3, 0.4) is 0 Å². The van der Waals surface area contributed by atoms with E-state index in [0.29, 0.717) is 30.6 Å². The molecule has 0 bridgehead atoms. The summed E-state index contributed by atoms with van der Waals surface area (Å²) in [6.07, 6.45) is 1.79. The summed E-state index contributed by atoms with van der Waals surface area (Å²) in [5, 5.41) is 11.8. The fraction of sp³-hybridized carbons (Fsp3) is 0.429. The number of carboxylic acids is 1. The van der Waals surface area contributed by atoms with Crippen LogP contribution in [0.5, 0.6) is 5.75 Å². The molecule has 1 aromatic rings. The van der Waals surface area contributed by atoms with Gasteiger partial charge in [0.25, 0.3) is 5.91 Å². The summed E-state index contributed by atoms with van der Waals surface area (Å²) in [5.74, 6) is -0.884. The highest BCUT2D eigenvalue weighted by Gasteiger charge is 2.31. The lowest BCUT2D eigenvalue weighted by molar-refractivity contribution is -0.141. The minimum Gasteiger partial charge on any atom is -0.496 e. The average Bonchev–Trinajstić information content (AvgIpc) is 2.87. The predicted octanol–water partition coefficient (Wildman–Crippen LogP) is 2.44. The number of carbonyl (C=O) groups excluding carboxylic acids is 1. The summed E-state index contributed by atoms with van der Waals surface area (Å²) in [4.78, 5) is 23.1. The first kappa shape index (κ1) is 14.8. The van der Waals surface area contributed by atoms with Gasteiger partial charge in [-0.05, 0) is 37.5 Å². The van der Waals surface area contributed by atoms with E-state index in [0.717, 1.165) is 4.47 Å². The molecule has 0 heterocycles. The molecule has 20 heavy (non-hydrogen) atoms. The summed E-state index contributed by atoms with van der Waals surface area (Å²) in [7, 11) is 1.51. The van der Waals surface area contributed by atoms with Gasteiger partial charge in [-0.1, -0.05) is 15.9 Å². The molecule has 0 saturated heterocycles. The van der Waals surface area contributed by atoms with Crippen LogP contribution in [0, 0.1) is 5.92 Å². The van der Waals surface area contributed by atoms with Crippen molar-refractivity contribution >= 4 is 27.8 Å². The van der Waals surface area contributed by atoms with Crippen molar-refractivity contribution in [1.82, 2.24) is 5.32 Å². The van der Waals surface area contributed by atoms with E-state index in [2.05, 4.69) is 21.2 Å². The van der Waals surface area contributed by atoms with Crippen LogP contribution in [0.1, 0.15) is 29.6 Å². The fourth-order valence-corrected chi connectivity index (χ4v) is 2.79. The van der Waals surface area contributed by atoms with Crippen molar-refractivity contribution in [3.63, 3.8) is 0 Å². The molecule has 5 nitrogen and oxygen atoms in total. The maximum absolute atomic E-state index is 12.2. The van der Waals surface area contributed by atoms with E-state index >= 15 is 0 Å². The quantitative estimate of drug-likeness (QED) is 0.881. The summed E-state index contributed by atoms with van der Waals surface area (Å²) < 4.78 is 6.02. The van der Waals surface area contributed by atoms with E-state index < -0.39 is 5.97 Å². The monoisotopic (exact) mass is 341 g/mol. The first-order chi connectivity index (χ1) is 9.51. The van der Waals surface area contributed by atoms with E-state index in [-0.39, 0.29) is 17.9 Å². The van der Waals surface area contributed by atoms with E-state index in [1.165, 1.54) is 7.11 Å². The molecule has 0 unspecified atom stereocenters. The Kier molecular flexibility index (Phi) is 4.65. The third-order valence-electron chi connectivity index (χ3n) is 3.53. The van der Waals surface area contributed by atoms with Crippen molar-refractivity contribution in [3.05, 3.63) is 28.2 Å². The maximum atomic E-state index is 12.2. The number of hydrogen-bond acceptors (Lipinski definition) is 3. The highest BCUT2D eigenvalue weighted by Crippen LogP contribution is 2.27. The molecule has 2 N–H and O–H groups in total. The summed E-state index contributed by atoms with van der Waals surface area (Å²) in [6, 6.07) is 5.09. The zero-order valence-corrected chi connectivity index (χ0v) is 12.6. The van der Waals surface area contributed by atoms with Crippen molar-refractivity contribution in [2.75, 3.05) is 7.11 Å². The molecule has 1 aliphatic rings. The van der Waals surface area contributed by atoms with Crippen LogP contribution >= 0.6 is 15.9 Å². The highest BCUT2D eigenvalue weighted by molar-refractivity contribution is 9.10. The predicted molar refractivity (Wildman–Crippen MR) is 76.9 cm³/mol. The number of nitrogens with one attached hydrogen (secondary N) is 1. The SMILES string of the molecule is COc1cc(Br)ccc1C(=O)N[C@@H]1CC[C@H](C(=O)O)C1. The Morgan fingerprint density at radius 2 is 2.15 bits per heavy atom. The van der Waals surface area contributed by atoms with Crippen molar-refractivity contribution in [2.45, 2.75) is 25.3 Å². The molecule has 6 heteroatoms. The van der Waals surface area contributed by atoms with E-state index in [4.69, 9.17) is 9.84 Å². The first-order valence-corrected chi connectivity index (χ1v) is 7.17. The lowest BCUT2D eigenvalue weighted by Crippen LogP contribution is -2.33. The number of carboxylic acid groups (broad SMARTS) is 1. The van der Waals surface area contributed by atoms with Crippen LogP contribution in [0.25, 0.3) is 0 Å². The third kappa shape index (κ3) is 3.30. The molecule has 2 atom stereocenters. The van der Waals surface area contributed by atoms with Crippen LogP contribution in [0.4, 0.5) is 0 Å². The van der Waals surface area contributed by atoms with Gasteiger partial charge in [0.1, 0.15) is 5.75 Å². The lowest BCUT2D eigenvalue weighted by atomic mass is 10.1. The highest BCUT2D eigenvalue weighted by atomic mass is 79.9. The van der Waals surface area contributed by atoms with Crippen molar-refractivity contribution in [1.29, 1.82) is 0 Å². The molecule has 0 radical (unpaired) electrons. The second-order valence-corrected chi connectivity index (χ2v) is 5.78. The minimum absolute atomic E-state index is 0.0862. The summed E-state index contributed by atoms with van der Waals surface area (Å²) in [5.41, 5.74) is 0.453. The second kappa shape index (κ2) is 6.26. The molecule has 1 aromatic carbocycles. The molecule has 1 fully saturated rings. The molecule has 1 saturated carbocycles. The first-order valence-electron chi connectivity index (χ1n) is 6.38. The molecule has 0 spiro atoms. The Labute approximate surface area is 125 Å². The molecular weight excluding hydrogens is 326 g/mol. The van der Waals surface area contributed by atoms with Crippen LogP contribution in [-0.4, -0.2) is 30.1 Å². The van der Waals surface area contributed by atoms with Gasteiger partial charge in [0, 0.05) is 10.5 Å². The van der Waals surface area contributed by atoms with Crippen LogP contribution < -0.4 is 10.1 Å². The lowest BCUT2D eigenvalue weighted by Gasteiger charge is -2.14. The Morgan fingerprint density at radius 1 is 1.40 bits per heavy atom. The number of aliphatic carboxylic acids is 1. The van der Waals surface area contributed by atoms with Crippen molar-refractivity contribution in [3.8, 4) is 5.75 Å². The number of methoxy groups -OCH3 is 1. The standard InChI is InChI=1S/C14H16BrNO4/c1-20-12-7-9(15)3-5-11(12)13(17)16-10-4-2-8(6-10)14(18)19/h3,5,7-8,10H,2,4,6H2,1H3,(H,16,17)(H,18,19)/t8-,10+/m0/s1. The van der Waals surface area contributed by atoms with Crippen molar-refractivity contribution < 1.29 is 19.4 Å². The van der Waals surface area contributed by atoms with Crippen molar-refractivity contribution in [2.24, 2.45) is 5.92 Å². The number of ether oxygens (including phenoxy) is 1. The van der Waals surface area contributed by atoms with Crippen LogP contribution in [0.15, 0.2) is 22.7 Å². The Hall–Kier alpha value is -1.56. The van der Waals surface area contributed by atoms with Crippen LogP contribution in [-0.2, 0) is 4.79 Å². The van der Waals surface area contributed by atoms with Gasteiger partial charge in [-0.25, -0.2) is 0 Å². The largest absolute Gasteiger partial charge is 0.496 e. The molecule has 2 rings (SSSR count). The van der Waals surface area contributed by atoms with E-state index in [1.54, 1.807) is 18.2 Å². The Balaban J connectivity index is 2.04. The molecule has 108 valence electrons. The summed E-state index contributed by atoms with van der Waals surface area (Å²) in [6.45, 7) is 0. The number of hydrogen-bond donors (Lipinski definition) is 2. The topological polar surface area (TPSA) is 75.6 Å². The number of carbonyl (C=O) groups is 2. The molecule has 1 amide bonds. The Bertz CT molecular complexity index is 532. The zero-order chi connectivity index (χ0) is 14.7. The molecule has 0 aliphatic heterocycles. The van der Waals surface area contributed by atoms with Gasteiger partial charge in [-0.2, -0.15) is 0 Å². The summed E-state index contributed by atoms with van der Waals surface area (Å²) >= 11 is 3.32. The average molecular weight is 342 g/mol. The van der Waals surface area contributed by atoms with Gasteiger partial charge in [0.15, 0.2) is 0 Å². The third-order valence-corrected chi connectivity index (χ3v) is 4.02.